The van der Waals surface area contributed by atoms with Crippen molar-refractivity contribution in [2.75, 3.05) is 0 Å². The maximum Gasteiger partial charge on any atom is 0.126 e. The summed E-state index contributed by atoms with van der Waals surface area (Å²) in [5.41, 5.74) is 9.68. The van der Waals surface area contributed by atoms with Gasteiger partial charge in [-0.25, -0.2) is 8.78 Å². The van der Waals surface area contributed by atoms with Crippen LogP contribution in [-0.4, -0.2) is 10.2 Å². The zero-order chi connectivity index (χ0) is 25.1. The zero-order valence-corrected chi connectivity index (χ0v) is 20.4. The van der Waals surface area contributed by atoms with E-state index in [0.29, 0.717) is 5.56 Å². The third kappa shape index (κ3) is 3.67. The summed E-state index contributed by atoms with van der Waals surface area (Å²) in [7, 11) is 0. The number of hydrogen-bond donors (Lipinski definition) is 0. The lowest BCUT2D eigenvalue weighted by molar-refractivity contribution is 0.584. The summed E-state index contributed by atoms with van der Waals surface area (Å²) in [6.45, 7) is 2.09. The molecule has 1 heterocycles. The Hall–Kier alpha value is -4.18. The molecule has 4 aromatic carbocycles. The fraction of sp³-hybridized carbons (Fsp3) is 0.152. The monoisotopic (exact) mass is 486 g/mol. The van der Waals surface area contributed by atoms with Crippen molar-refractivity contribution in [3.05, 3.63) is 125 Å². The van der Waals surface area contributed by atoms with Gasteiger partial charge in [0.25, 0.3) is 0 Å². The van der Waals surface area contributed by atoms with Crippen molar-refractivity contribution in [2.45, 2.75) is 32.1 Å². The third-order valence-electron chi connectivity index (χ3n) is 7.82. The van der Waals surface area contributed by atoms with E-state index in [1.165, 1.54) is 39.8 Å². The van der Waals surface area contributed by atoms with Crippen LogP contribution >= 0.6 is 0 Å². The van der Waals surface area contributed by atoms with Gasteiger partial charge >= 0.3 is 0 Å². The lowest BCUT2D eigenvalue weighted by Gasteiger charge is -2.32. The van der Waals surface area contributed by atoms with Gasteiger partial charge in [-0.1, -0.05) is 54.1 Å². The zero-order valence-electron chi connectivity index (χ0n) is 20.4. The van der Waals surface area contributed by atoms with E-state index in [4.69, 9.17) is 0 Å². The Morgan fingerprint density at radius 1 is 0.811 bits per heavy atom. The number of allylic oxidation sites excluding steroid dienone is 4. The first kappa shape index (κ1) is 22.1. The highest BCUT2D eigenvalue weighted by Gasteiger charge is 2.31. The summed E-state index contributed by atoms with van der Waals surface area (Å²) in [4.78, 5) is 0. The minimum atomic E-state index is -0.568. The summed E-state index contributed by atoms with van der Waals surface area (Å²) < 4.78 is 27.9. The van der Waals surface area contributed by atoms with Gasteiger partial charge in [0.05, 0.1) is 11.2 Å². The summed E-state index contributed by atoms with van der Waals surface area (Å²) in [6.07, 6.45) is 7.43. The van der Waals surface area contributed by atoms with Gasteiger partial charge in [-0.05, 0) is 101 Å². The lowest BCUT2D eigenvalue weighted by Crippen LogP contribution is -2.18. The van der Waals surface area contributed by atoms with Crippen molar-refractivity contribution in [3.8, 4) is 11.1 Å². The number of benzene rings is 4. The van der Waals surface area contributed by atoms with Crippen LogP contribution in [0.2, 0.25) is 0 Å². The van der Waals surface area contributed by atoms with Crippen LogP contribution in [0.25, 0.3) is 38.4 Å². The number of aryl methyl sites for hydroxylation is 1. The largest absolute Gasteiger partial charge is 0.207 e. The fourth-order valence-electron chi connectivity index (χ4n) is 6.21. The first-order chi connectivity index (χ1) is 18.0. The molecule has 2 aliphatic rings. The molecule has 4 heteroatoms. The van der Waals surface area contributed by atoms with Gasteiger partial charge in [-0.15, -0.1) is 0 Å². The quantitative estimate of drug-likeness (QED) is 0.250. The topological polar surface area (TPSA) is 25.8 Å². The second kappa shape index (κ2) is 8.45. The van der Waals surface area contributed by atoms with Crippen molar-refractivity contribution in [1.29, 1.82) is 0 Å². The van der Waals surface area contributed by atoms with Gasteiger partial charge in [0.1, 0.15) is 11.6 Å². The van der Waals surface area contributed by atoms with Crippen molar-refractivity contribution >= 4 is 27.2 Å². The smallest absolute Gasteiger partial charge is 0.126 e. The van der Waals surface area contributed by atoms with Crippen molar-refractivity contribution in [3.63, 3.8) is 0 Å². The first-order valence-corrected chi connectivity index (χ1v) is 12.7. The van der Waals surface area contributed by atoms with Gasteiger partial charge in [0.2, 0.25) is 0 Å². The highest BCUT2D eigenvalue weighted by atomic mass is 19.1. The van der Waals surface area contributed by atoms with E-state index in [-0.39, 0.29) is 5.92 Å². The van der Waals surface area contributed by atoms with Crippen LogP contribution in [0, 0.1) is 18.6 Å². The van der Waals surface area contributed by atoms with Gasteiger partial charge in [-0.2, -0.15) is 10.2 Å². The minimum absolute atomic E-state index is 0.159. The molecule has 0 saturated heterocycles. The lowest BCUT2D eigenvalue weighted by atomic mass is 9.72. The second-order valence-electron chi connectivity index (χ2n) is 10.1. The summed E-state index contributed by atoms with van der Waals surface area (Å²) in [6, 6.07) is 22.4. The number of rotatable bonds is 2. The second-order valence-corrected chi connectivity index (χ2v) is 10.1. The average Bonchev–Trinajstić information content (AvgIpc) is 2.91. The molecule has 0 saturated carbocycles. The van der Waals surface area contributed by atoms with Crippen LogP contribution in [0.5, 0.6) is 0 Å². The Kier molecular flexibility index (Phi) is 5.03. The number of fused-ring (bicyclic) bond motifs is 5. The van der Waals surface area contributed by atoms with E-state index in [9.17, 15) is 8.78 Å². The fourth-order valence-corrected chi connectivity index (χ4v) is 6.21. The molecule has 0 fully saturated rings. The van der Waals surface area contributed by atoms with Crippen LogP contribution in [0.3, 0.4) is 0 Å². The van der Waals surface area contributed by atoms with Crippen LogP contribution in [-0.2, 0) is 6.42 Å². The summed E-state index contributed by atoms with van der Waals surface area (Å²) in [5.74, 6) is -0.978. The molecular formula is C33H24F2N2. The van der Waals surface area contributed by atoms with Gasteiger partial charge < -0.3 is 0 Å². The Morgan fingerprint density at radius 2 is 1.62 bits per heavy atom. The van der Waals surface area contributed by atoms with Crippen molar-refractivity contribution < 1.29 is 8.78 Å². The molecule has 1 unspecified atom stereocenters. The van der Waals surface area contributed by atoms with Gasteiger partial charge in [-0.3, -0.25) is 0 Å². The Balaban J connectivity index is 1.41. The Bertz CT molecular complexity index is 1780. The van der Waals surface area contributed by atoms with Gasteiger partial charge in [0, 0.05) is 17.4 Å². The molecule has 7 rings (SSSR count). The predicted molar refractivity (Wildman–Crippen MR) is 145 cm³/mol. The normalized spacial score (nSPS) is 16.8. The standard InChI is InChI=1S/C33H24F2N2/c1-19-12-22(23-14-24(34)17-25(35)15-23)13-21-10-11-28-26-7-3-4-8-27(26)29(18-30(28)33(19)21)32-16-20-6-2-5-9-31(20)36-37-32/h2-3,5-7,9-17,29H,4,8,18H2,1H3. The highest BCUT2D eigenvalue weighted by Crippen LogP contribution is 2.47. The third-order valence-corrected chi connectivity index (χ3v) is 7.82. The molecule has 37 heavy (non-hydrogen) atoms. The average molecular weight is 487 g/mol. The molecule has 180 valence electrons. The Labute approximate surface area is 214 Å². The molecule has 1 atom stereocenters. The molecule has 1 aromatic heterocycles. The molecule has 0 bridgehead atoms. The molecule has 0 aliphatic heterocycles. The van der Waals surface area contributed by atoms with Crippen molar-refractivity contribution in [1.82, 2.24) is 10.2 Å². The van der Waals surface area contributed by atoms with E-state index < -0.39 is 11.6 Å². The molecule has 2 nitrogen and oxygen atoms in total. The number of aromatic nitrogens is 2. The minimum Gasteiger partial charge on any atom is -0.207 e. The van der Waals surface area contributed by atoms with Crippen LogP contribution in [0.1, 0.15) is 41.1 Å². The molecule has 5 aromatic rings. The maximum atomic E-state index is 14.0. The van der Waals surface area contributed by atoms with Crippen LogP contribution < -0.4 is 0 Å². The highest BCUT2D eigenvalue weighted by molar-refractivity contribution is 5.98. The molecule has 0 spiro atoms. The van der Waals surface area contributed by atoms with Gasteiger partial charge in [0.15, 0.2) is 0 Å². The SMILES string of the molecule is Cc1cc(-c2cc(F)cc(F)c2)cc2ccc3c(c12)CC(c1cc2ccccc2nn1)C1=C3C=CCC1. The van der Waals surface area contributed by atoms with E-state index in [0.717, 1.165) is 58.4 Å². The first-order valence-electron chi connectivity index (χ1n) is 12.7. The predicted octanol–water partition coefficient (Wildman–Crippen LogP) is 8.48. The molecule has 0 N–H and O–H groups in total. The van der Waals surface area contributed by atoms with Crippen LogP contribution in [0.15, 0.2) is 90.5 Å². The summed E-state index contributed by atoms with van der Waals surface area (Å²) >= 11 is 0. The van der Waals surface area contributed by atoms with E-state index in [1.54, 1.807) is 0 Å². The Morgan fingerprint density at radius 3 is 2.49 bits per heavy atom. The molecular weight excluding hydrogens is 462 g/mol. The summed E-state index contributed by atoms with van der Waals surface area (Å²) in [5, 5.41) is 12.6. The molecule has 2 aliphatic carbocycles. The van der Waals surface area contributed by atoms with E-state index >= 15 is 0 Å². The van der Waals surface area contributed by atoms with E-state index in [1.807, 2.05) is 30.3 Å². The van der Waals surface area contributed by atoms with Crippen LogP contribution in [0.4, 0.5) is 8.78 Å². The van der Waals surface area contributed by atoms with E-state index in [2.05, 4.69) is 53.5 Å². The number of nitrogens with zero attached hydrogens (tertiary/aromatic N) is 2. The maximum absolute atomic E-state index is 14.0. The van der Waals surface area contributed by atoms with Crippen molar-refractivity contribution in [2.24, 2.45) is 0 Å². The number of hydrogen-bond acceptors (Lipinski definition) is 2. The number of halogens is 2. The molecule has 0 amide bonds. The molecule has 0 radical (unpaired) electrons.